The Bertz CT molecular complexity index is 1200. The number of hydrogen-bond donors (Lipinski definition) is 1. The van der Waals surface area contributed by atoms with E-state index in [1.807, 2.05) is 48.5 Å². The molecule has 3 nitrogen and oxygen atoms in total. The molecule has 2 aromatic carbocycles. The summed E-state index contributed by atoms with van der Waals surface area (Å²) in [4.78, 5) is 9.39. The van der Waals surface area contributed by atoms with Crippen LogP contribution in [0.4, 0.5) is 0 Å². The fraction of sp³-hybridized carbons (Fsp3) is 0.154. The molecule has 29 heavy (non-hydrogen) atoms. The zero-order valence-corrected chi connectivity index (χ0v) is 16.1. The highest BCUT2D eigenvalue weighted by molar-refractivity contribution is 5.99. The van der Waals surface area contributed by atoms with E-state index >= 15 is 0 Å². The second-order valence-electron chi connectivity index (χ2n) is 7.41. The monoisotopic (exact) mass is 377 g/mol. The zero-order valence-electron chi connectivity index (χ0n) is 16.1. The zero-order chi connectivity index (χ0) is 19.6. The van der Waals surface area contributed by atoms with Crippen LogP contribution in [0.15, 0.2) is 72.9 Å². The highest BCUT2D eigenvalue weighted by Crippen LogP contribution is 2.39. The van der Waals surface area contributed by atoms with E-state index in [2.05, 4.69) is 29.3 Å². The van der Waals surface area contributed by atoms with Gasteiger partial charge in [-0.25, -0.2) is 9.97 Å². The molecule has 0 unspecified atom stereocenters. The van der Waals surface area contributed by atoms with Crippen LogP contribution in [0.25, 0.3) is 38.9 Å². The van der Waals surface area contributed by atoms with E-state index in [9.17, 15) is 5.11 Å². The van der Waals surface area contributed by atoms with Crippen LogP contribution in [-0.2, 0) is 0 Å². The van der Waals surface area contributed by atoms with Crippen molar-refractivity contribution < 1.29 is 5.11 Å². The lowest BCUT2D eigenvalue weighted by molar-refractivity contribution is 0.460. The van der Waals surface area contributed by atoms with E-state index in [0.717, 1.165) is 46.3 Å². The van der Waals surface area contributed by atoms with E-state index in [1.54, 1.807) is 6.20 Å². The summed E-state index contributed by atoms with van der Waals surface area (Å²) < 4.78 is 0. The van der Waals surface area contributed by atoms with Crippen molar-refractivity contribution in [1.29, 1.82) is 0 Å². The van der Waals surface area contributed by atoms with Crippen molar-refractivity contribution in [3.05, 3.63) is 84.6 Å². The third-order valence-corrected chi connectivity index (χ3v) is 5.55. The Morgan fingerprint density at radius 3 is 2.48 bits per heavy atom. The van der Waals surface area contributed by atoms with Gasteiger partial charge in [0.2, 0.25) is 5.88 Å². The van der Waals surface area contributed by atoms with E-state index in [0.29, 0.717) is 5.39 Å². The molecule has 3 heteroatoms. The van der Waals surface area contributed by atoms with Crippen LogP contribution < -0.4 is 0 Å². The van der Waals surface area contributed by atoms with Crippen molar-refractivity contribution in [3.63, 3.8) is 0 Å². The van der Waals surface area contributed by atoms with Crippen LogP contribution in [0.3, 0.4) is 0 Å². The van der Waals surface area contributed by atoms with Gasteiger partial charge in [0.05, 0.1) is 16.6 Å². The maximum Gasteiger partial charge on any atom is 0.220 e. The number of fused-ring (bicyclic) bond motifs is 1. The molecule has 0 spiro atoms. The van der Waals surface area contributed by atoms with Gasteiger partial charge in [0.25, 0.3) is 0 Å². The first-order valence-electron chi connectivity index (χ1n) is 10.1. The minimum absolute atomic E-state index is 0.0257. The van der Waals surface area contributed by atoms with Gasteiger partial charge in [-0.3, -0.25) is 0 Å². The summed E-state index contributed by atoms with van der Waals surface area (Å²) in [5, 5.41) is 11.2. The number of aromatic hydroxyl groups is 1. The number of rotatable bonds is 3. The fourth-order valence-electron chi connectivity index (χ4n) is 4.07. The number of aromatic nitrogens is 2. The quantitative estimate of drug-likeness (QED) is 0.448. The fourth-order valence-corrected chi connectivity index (χ4v) is 4.07. The van der Waals surface area contributed by atoms with Crippen LogP contribution in [-0.4, -0.2) is 15.1 Å². The topological polar surface area (TPSA) is 46.0 Å². The molecule has 0 amide bonds. The Hall–Kier alpha value is -3.46. The summed E-state index contributed by atoms with van der Waals surface area (Å²) in [7, 11) is 0. The Kier molecular flexibility index (Phi) is 4.57. The molecule has 4 aromatic rings. The number of hydrogen-bond acceptors (Lipinski definition) is 3. The first-order valence-corrected chi connectivity index (χ1v) is 10.1. The van der Waals surface area contributed by atoms with Gasteiger partial charge in [0, 0.05) is 22.9 Å². The van der Waals surface area contributed by atoms with Crippen LogP contribution >= 0.6 is 0 Å². The average Bonchev–Trinajstić information content (AvgIpc) is 2.80. The highest BCUT2D eigenvalue weighted by atomic mass is 16.3. The molecule has 0 atom stereocenters. The molecule has 1 radical (unpaired) electrons. The van der Waals surface area contributed by atoms with Crippen LogP contribution in [0, 0.1) is 6.07 Å². The lowest BCUT2D eigenvalue weighted by Gasteiger charge is -2.17. The maximum absolute atomic E-state index is 10.6. The van der Waals surface area contributed by atoms with E-state index in [-0.39, 0.29) is 5.88 Å². The molecule has 0 aliphatic heterocycles. The molecular weight excluding hydrogens is 356 g/mol. The number of pyridine rings is 2. The van der Waals surface area contributed by atoms with Crippen molar-refractivity contribution in [2.24, 2.45) is 0 Å². The van der Waals surface area contributed by atoms with Crippen molar-refractivity contribution in [1.82, 2.24) is 9.97 Å². The summed E-state index contributed by atoms with van der Waals surface area (Å²) in [5.41, 5.74) is 7.10. The van der Waals surface area contributed by atoms with Crippen molar-refractivity contribution in [2.45, 2.75) is 25.7 Å². The van der Waals surface area contributed by atoms with Gasteiger partial charge in [-0.1, -0.05) is 60.7 Å². The SMILES string of the molecule is Oc1ncc(C2=CCCCC2)c2nc(-c3cc[c]cc3)c(-c3ccccc3)cc12. The largest absolute Gasteiger partial charge is 0.493 e. The number of nitrogens with zero attached hydrogens (tertiary/aromatic N) is 2. The van der Waals surface area contributed by atoms with Crippen molar-refractivity contribution >= 4 is 16.5 Å². The normalized spacial score (nSPS) is 14.0. The lowest BCUT2D eigenvalue weighted by atomic mass is 9.92. The molecule has 0 bridgehead atoms. The summed E-state index contributed by atoms with van der Waals surface area (Å²) in [6.07, 6.45) is 8.58. The molecule has 5 rings (SSSR count). The van der Waals surface area contributed by atoms with Gasteiger partial charge in [-0.05, 0) is 49.0 Å². The standard InChI is InChI=1S/C26H21N2O/c29-26-22-16-21(18-10-4-1-5-11-18)24(20-14-8-3-9-15-20)28-25(22)23(17-27-26)19-12-6-2-7-13-19/h1,4-5,8-12,14-17H,2,6-7,13H2,(H,27,29). The lowest BCUT2D eigenvalue weighted by Crippen LogP contribution is -1.98. The van der Waals surface area contributed by atoms with Gasteiger partial charge in [0.1, 0.15) is 0 Å². The summed E-state index contributed by atoms with van der Waals surface area (Å²) >= 11 is 0. The van der Waals surface area contributed by atoms with E-state index in [4.69, 9.17) is 4.98 Å². The predicted molar refractivity (Wildman–Crippen MR) is 117 cm³/mol. The van der Waals surface area contributed by atoms with Gasteiger partial charge in [0.15, 0.2) is 0 Å². The average molecular weight is 377 g/mol. The molecular formula is C26H21N2O. The highest BCUT2D eigenvalue weighted by Gasteiger charge is 2.18. The van der Waals surface area contributed by atoms with Crippen LogP contribution in [0.2, 0.25) is 0 Å². The minimum atomic E-state index is 0.0257. The molecule has 0 saturated carbocycles. The van der Waals surface area contributed by atoms with Crippen molar-refractivity contribution in [2.75, 3.05) is 0 Å². The number of allylic oxidation sites excluding steroid dienone is 2. The van der Waals surface area contributed by atoms with Gasteiger partial charge >= 0.3 is 0 Å². The molecule has 1 aliphatic rings. The molecule has 0 fully saturated rings. The van der Waals surface area contributed by atoms with Gasteiger partial charge < -0.3 is 5.11 Å². The molecule has 2 aromatic heterocycles. The van der Waals surface area contributed by atoms with Crippen LogP contribution in [0.1, 0.15) is 31.2 Å². The third-order valence-electron chi connectivity index (χ3n) is 5.55. The Labute approximate surface area is 170 Å². The number of benzene rings is 2. The Morgan fingerprint density at radius 2 is 1.72 bits per heavy atom. The van der Waals surface area contributed by atoms with E-state index in [1.165, 1.54) is 18.4 Å². The summed E-state index contributed by atoms with van der Waals surface area (Å²) in [6.45, 7) is 0. The molecule has 1 N–H and O–H groups in total. The predicted octanol–water partition coefficient (Wildman–Crippen LogP) is 6.43. The Morgan fingerprint density at radius 1 is 0.897 bits per heavy atom. The summed E-state index contributed by atoms with van der Waals surface area (Å²) in [6, 6.07) is 23.2. The summed E-state index contributed by atoms with van der Waals surface area (Å²) in [5.74, 6) is 0.0257. The Balaban J connectivity index is 1.83. The van der Waals surface area contributed by atoms with Crippen LogP contribution in [0.5, 0.6) is 5.88 Å². The molecule has 1 aliphatic carbocycles. The van der Waals surface area contributed by atoms with E-state index < -0.39 is 0 Å². The maximum atomic E-state index is 10.6. The van der Waals surface area contributed by atoms with Gasteiger partial charge in [-0.15, -0.1) is 0 Å². The smallest absolute Gasteiger partial charge is 0.220 e. The molecule has 0 saturated heterocycles. The first kappa shape index (κ1) is 17.6. The second kappa shape index (κ2) is 7.51. The first-order chi connectivity index (χ1) is 14.3. The minimum Gasteiger partial charge on any atom is -0.493 e. The molecule has 2 heterocycles. The third kappa shape index (κ3) is 3.29. The van der Waals surface area contributed by atoms with Gasteiger partial charge in [-0.2, -0.15) is 0 Å². The molecule has 141 valence electrons. The second-order valence-corrected chi connectivity index (χ2v) is 7.41. The van der Waals surface area contributed by atoms with Crippen molar-refractivity contribution in [3.8, 4) is 28.3 Å².